The second kappa shape index (κ2) is 9.69. The van der Waals surface area contributed by atoms with Gasteiger partial charge in [-0.2, -0.15) is 0 Å². The van der Waals surface area contributed by atoms with Gasteiger partial charge in [-0.15, -0.1) is 0 Å². The normalized spacial score (nSPS) is 15.5. The number of hydrogen-bond donors (Lipinski definition) is 4. The maximum Gasteiger partial charge on any atom is 0.341 e. The number of aliphatic carboxylic acids is 1. The Labute approximate surface area is 190 Å². The number of methoxy groups -OCH3 is 1. The van der Waals surface area contributed by atoms with Crippen molar-refractivity contribution >= 4 is 39.5 Å². The lowest BCUT2D eigenvalue weighted by Crippen LogP contribution is -2.46. The standard InChI is InChI=1S/C21H19BrFN3O6/c1-10-18(20(29)25-12-5-3-11(23)4-6-12)19(26-21(30)24-10)13-7-15(31-2)16(8-14(13)22)32-9-17(27)28/h3-8,19H,9H2,1-2H3,(H,25,29)(H,27,28)(H2,24,26,30). The summed E-state index contributed by atoms with van der Waals surface area (Å²) in [4.78, 5) is 36.1. The number of benzene rings is 2. The van der Waals surface area contributed by atoms with E-state index >= 15 is 0 Å². The highest BCUT2D eigenvalue weighted by Gasteiger charge is 2.33. The second-order valence-corrected chi connectivity index (χ2v) is 7.59. The quantitative estimate of drug-likeness (QED) is 0.455. The summed E-state index contributed by atoms with van der Waals surface area (Å²) in [5.74, 6) is -1.72. The Kier molecular flexibility index (Phi) is 6.98. The minimum atomic E-state index is -1.16. The number of carbonyl (C=O) groups excluding carboxylic acids is 2. The van der Waals surface area contributed by atoms with Crippen molar-refractivity contribution in [3.05, 3.63) is 63.5 Å². The van der Waals surface area contributed by atoms with E-state index in [4.69, 9.17) is 14.6 Å². The molecule has 0 saturated carbocycles. The van der Waals surface area contributed by atoms with Gasteiger partial charge in [-0.1, -0.05) is 15.9 Å². The maximum absolute atomic E-state index is 13.2. The van der Waals surface area contributed by atoms with E-state index in [0.29, 0.717) is 21.4 Å². The molecule has 0 aromatic heterocycles. The molecule has 3 rings (SSSR count). The average Bonchev–Trinajstić information content (AvgIpc) is 2.73. The topological polar surface area (TPSA) is 126 Å². The molecular weight excluding hydrogens is 489 g/mol. The first kappa shape index (κ1) is 23.1. The van der Waals surface area contributed by atoms with Crippen LogP contribution in [-0.4, -0.2) is 36.7 Å². The fourth-order valence-electron chi connectivity index (χ4n) is 3.14. The Balaban J connectivity index is 1.99. The van der Waals surface area contributed by atoms with Crippen LogP contribution in [-0.2, 0) is 9.59 Å². The van der Waals surface area contributed by atoms with Crippen LogP contribution < -0.4 is 25.4 Å². The van der Waals surface area contributed by atoms with Gasteiger partial charge in [0, 0.05) is 15.9 Å². The van der Waals surface area contributed by atoms with Crippen LogP contribution in [0, 0.1) is 5.82 Å². The molecule has 168 valence electrons. The van der Waals surface area contributed by atoms with Gasteiger partial charge in [-0.3, -0.25) is 4.79 Å². The monoisotopic (exact) mass is 507 g/mol. The fraction of sp³-hybridized carbons (Fsp3) is 0.190. The lowest BCUT2D eigenvalue weighted by molar-refractivity contribution is -0.139. The van der Waals surface area contributed by atoms with Gasteiger partial charge in [0.15, 0.2) is 18.1 Å². The molecule has 32 heavy (non-hydrogen) atoms. The molecule has 3 amide bonds. The molecule has 1 unspecified atom stereocenters. The number of carbonyl (C=O) groups is 3. The third-order valence-corrected chi connectivity index (χ3v) is 5.25. The molecule has 11 heteroatoms. The molecule has 0 radical (unpaired) electrons. The number of anilines is 1. The van der Waals surface area contributed by atoms with Gasteiger partial charge in [0.2, 0.25) is 0 Å². The highest BCUT2D eigenvalue weighted by Crippen LogP contribution is 2.39. The van der Waals surface area contributed by atoms with E-state index in [9.17, 15) is 18.8 Å². The van der Waals surface area contributed by atoms with Gasteiger partial charge < -0.3 is 30.5 Å². The third-order valence-electron chi connectivity index (χ3n) is 4.56. The SMILES string of the molecule is COc1cc(C2NC(=O)NC(C)=C2C(=O)Nc2ccc(F)cc2)c(Br)cc1OCC(=O)O. The van der Waals surface area contributed by atoms with Crippen LogP contribution in [0.25, 0.3) is 0 Å². The van der Waals surface area contributed by atoms with Crippen LogP contribution in [0.1, 0.15) is 18.5 Å². The Morgan fingerprint density at radius 2 is 1.91 bits per heavy atom. The zero-order chi connectivity index (χ0) is 23.4. The van der Waals surface area contributed by atoms with Crippen molar-refractivity contribution in [1.29, 1.82) is 0 Å². The van der Waals surface area contributed by atoms with Gasteiger partial charge in [0.1, 0.15) is 5.82 Å². The van der Waals surface area contributed by atoms with E-state index in [1.807, 2.05) is 0 Å². The highest BCUT2D eigenvalue weighted by atomic mass is 79.9. The number of amides is 3. The van der Waals surface area contributed by atoms with Crippen molar-refractivity contribution in [2.24, 2.45) is 0 Å². The Morgan fingerprint density at radius 3 is 2.53 bits per heavy atom. The summed E-state index contributed by atoms with van der Waals surface area (Å²) < 4.78 is 24.2. The van der Waals surface area contributed by atoms with E-state index in [1.165, 1.54) is 43.5 Å². The molecule has 9 nitrogen and oxygen atoms in total. The molecule has 1 aliphatic heterocycles. The third kappa shape index (κ3) is 5.17. The Bertz CT molecular complexity index is 1100. The smallest absolute Gasteiger partial charge is 0.341 e. The van der Waals surface area contributed by atoms with Crippen molar-refractivity contribution in [1.82, 2.24) is 10.6 Å². The van der Waals surface area contributed by atoms with Crippen molar-refractivity contribution in [3.63, 3.8) is 0 Å². The summed E-state index contributed by atoms with van der Waals surface area (Å²) in [6.45, 7) is 1.01. The zero-order valence-electron chi connectivity index (χ0n) is 17.0. The molecule has 0 spiro atoms. The molecule has 0 fully saturated rings. The molecule has 4 N–H and O–H groups in total. The van der Waals surface area contributed by atoms with E-state index in [1.54, 1.807) is 6.92 Å². The summed E-state index contributed by atoms with van der Waals surface area (Å²) in [6, 6.07) is 6.91. The summed E-state index contributed by atoms with van der Waals surface area (Å²) in [5.41, 5.74) is 1.40. The van der Waals surface area contributed by atoms with Crippen molar-refractivity contribution in [2.45, 2.75) is 13.0 Å². The number of nitrogens with one attached hydrogen (secondary N) is 3. The highest BCUT2D eigenvalue weighted by molar-refractivity contribution is 9.10. The van der Waals surface area contributed by atoms with Crippen LogP contribution in [0.3, 0.4) is 0 Å². The van der Waals surface area contributed by atoms with Gasteiger partial charge in [0.25, 0.3) is 5.91 Å². The molecule has 1 heterocycles. The number of allylic oxidation sites excluding steroid dienone is 1. The predicted molar refractivity (Wildman–Crippen MR) is 116 cm³/mol. The lowest BCUT2D eigenvalue weighted by Gasteiger charge is -2.29. The number of urea groups is 1. The second-order valence-electron chi connectivity index (χ2n) is 6.74. The van der Waals surface area contributed by atoms with Gasteiger partial charge >= 0.3 is 12.0 Å². The van der Waals surface area contributed by atoms with Crippen molar-refractivity contribution in [3.8, 4) is 11.5 Å². The fourth-order valence-corrected chi connectivity index (χ4v) is 3.69. The molecule has 2 aromatic carbocycles. The molecule has 0 bridgehead atoms. The first-order valence-corrected chi connectivity index (χ1v) is 10.1. The Morgan fingerprint density at radius 1 is 1.22 bits per heavy atom. The number of carboxylic acid groups (broad SMARTS) is 1. The summed E-state index contributed by atoms with van der Waals surface area (Å²) in [5, 5.41) is 16.8. The number of hydrogen-bond acceptors (Lipinski definition) is 5. The minimum Gasteiger partial charge on any atom is -0.493 e. The van der Waals surface area contributed by atoms with Gasteiger partial charge in [0.05, 0.1) is 18.7 Å². The molecule has 0 saturated heterocycles. The van der Waals surface area contributed by atoms with Gasteiger partial charge in [-0.05, 0) is 48.9 Å². The molecule has 0 aliphatic carbocycles. The van der Waals surface area contributed by atoms with Crippen LogP contribution in [0.15, 0.2) is 52.1 Å². The summed E-state index contributed by atoms with van der Waals surface area (Å²) in [6.07, 6.45) is 0. The zero-order valence-corrected chi connectivity index (χ0v) is 18.6. The number of carboxylic acids is 1. The number of rotatable bonds is 7. The van der Waals surface area contributed by atoms with E-state index in [2.05, 4.69) is 31.9 Å². The molecule has 1 atom stereocenters. The van der Waals surface area contributed by atoms with Crippen LogP contribution in [0.5, 0.6) is 11.5 Å². The molecule has 1 aliphatic rings. The Hall–Kier alpha value is -3.60. The summed E-state index contributed by atoms with van der Waals surface area (Å²) >= 11 is 3.39. The lowest BCUT2D eigenvalue weighted by atomic mass is 9.94. The number of halogens is 2. The van der Waals surface area contributed by atoms with Crippen LogP contribution >= 0.6 is 15.9 Å². The minimum absolute atomic E-state index is 0.170. The van der Waals surface area contributed by atoms with Crippen molar-refractivity contribution < 1.29 is 33.4 Å². The first-order chi connectivity index (χ1) is 15.2. The summed E-state index contributed by atoms with van der Waals surface area (Å²) in [7, 11) is 1.38. The first-order valence-electron chi connectivity index (χ1n) is 9.26. The van der Waals surface area contributed by atoms with Crippen LogP contribution in [0.2, 0.25) is 0 Å². The average molecular weight is 508 g/mol. The van der Waals surface area contributed by atoms with Crippen LogP contribution in [0.4, 0.5) is 14.9 Å². The molecule has 2 aromatic rings. The predicted octanol–water partition coefficient (Wildman–Crippen LogP) is 3.33. The molecular formula is C21H19BrFN3O6. The largest absolute Gasteiger partial charge is 0.493 e. The maximum atomic E-state index is 13.2. The van der Waals surface area contributed by atoms with E-state index in [-0.39, 0.29) is 17.1 Å². The van der Waals surface area contributed by atoms with E-state index < -0.39 is 36.4 Å². The van der Waals surface area contributed by atoms with Gasteiger partial charge in [-0.25, -0.2) is 14.0 Å². The van der Waals surface area contributed by atoms with E-state index in [0.717, 1.165) is 0 Å². The van der Waals surface area contributed by atoms with Crippen molar-refractivity contribution in [2.75, 3.05) is 19.0 Å². The number of ether oxygens (including phenoxy) is 2.